The van der Waals surface area contributed by atoms with E-state index in [2.05, 4.69) is 5.10 Å². The highest BCUT2D eigenvalue weighted by atomic mass is 16.6. The minimum atomic E-state index is -0.793. The number of non-ortho nitro benzene ring substituents is 1. The van der Waals surface area contributed by atoms with Crippen molar-refractivity contribution in [1.29, 1.82) is 0 Å². The van der Waals surface area contributed by atoms with Gasteiger partial charge >= 0.3 is 5.69 Å². The van der Waals surface area contributed by atoms with Crippen LogP contribution in [0.4, 0.5) is 11.4 Å². The molecule has 0 spiro atoms. The molecule has 0 saturated heterocycles. The van der Waals surface area contributed by atoms with E-state index in [9.17, 15) is 25.0 Å². The third-order valence-corrected chi connectivity index (χ3v) is 2.82. The maximum atomic E-state index is 11.7. The summed E-state index contributed by atoms with van der Waals surface area (Å²) in [6.07, 6.45) is 0. The van der Waals surface area contributed by atoms with E-state index < -0.39 is 21.2 Å². The lowest BCUT2D eigenvalue weighted by molar-refractivity contribution is -0.394. The summed E-state index contributed by atoms with van der Waals surface area (Å²) < 4.78 is 6.45. The first-order valence-electron chi connectivity index (χ1n) is 6.61. The van der Waals surface area contributed by atoms with Gasteiger partial charge in [-0.15, -0.1) is 5.10 Å². The molecule has 126 valence electrons. The van der Waals surface area contributed by atoms with Crippen LogP contribution in [0, 0.1) is 20.2 Å². The number of nitrogens with zero attached hydrogens (tertiary/aromatic N) is 5. The highest BCUT2D eigenvalue weighted by Crippen LogP contribution is 2.33. The van der Waals surface area contributed by atoms with Crippen LogP contribution in [0.3, 0.4) is 0 Å². The van der Waals surface area contributed by atoms with Crippen LogP contribution in [-0.4, -0.2) is 38.6 Å². The Morgan fingerprint density at radius 3 is 2.46 bits per heavy atom. The summed E-state index contributed by atoms with van der Waals surface area (Å²) in [7, 11) is 3.48. The largest absolute Gasteiger partial charge is 0.430 e. The first-order chi connectivity index (χ1) is 11.3. The van der Waals surface area contributed by atoms with Gasteiger partial charge in [-0.1, -0.05) is 0 Å². The molecule has 0 fully saturated rings. The minimum absolute atomic E-state index is 0.0478. The van der Waals surface area contributed by atoms with Crippen molar-refractivity contribution in [2.45, 2.75) is 6.67 Å². The van der Waals surface area contributed by atoms with Gasteiger partial charge < -0.3 is 4.74 Å². The number of rotatable bonds is 6. The molecule has 0 amide bonds. The summed E-state index contributed by atoms with van der Waals surface area (Å²) >= 11 is 0. The van der Waals surface area contributed by atoms with Gasteiger partial charge in [0.2, 0.25) is 11.6 Å². The first kappa shape index (κ1) is 17.0. The molecule has 1 heterocycles. The molecule has 24 heavy (non-hydrogen) atoms. The number of aromatic nitrogens is 2. The second kappa shape index (κ2) is 6.83. The average molecular weight is 335 g/mol. The lowest BCUT2D eigenvalue weighted by Crippen LogP contribution is -2.29. The van der Waals surface area contributed by atoms with Crippen molar-refractivity contribution in [3.63, 3.8) is 0 Å². The number of nitro groups is 2. The summed E-state index contributed by atoms with van der Waals surface area (Å²) in [6, 6.07) is 5.46. The van der Waals surface area contributed by atoms with Crippen molar-refractivity contribution in [1.82, 2.24) is 14.7 Å². The van der Waals surface area contributed by atoms with Gasteiger partial charge in [0.05, 0.1) is 22.6 Å². The Balaban J connectivity index is 2.39. The predicted molar refractivity (Wildman–Crippen MR) is 82.0 cm³/mol. The van der Waals surface area contributed by atoms with Gasteiger partial charge in [0.25, 0.3) is 11.2 Å². The molecule has 0 aliphatic heterocycles. The number of nitro benzene ring substituents is 2. The molecule has 1 aromatic heterocycles. The minimum Gasteiger partial charge on any atom is -0.430 e. The number of benzene rings is 1. The van der Waals surface area contributed by atoms with Crippen molar-refractivity contribution in [3.05, 3.63) is 60.9 Å². The average Bonchev–Trinajstić information content (AvgIpc) is 2.50. The zero-order chi connectivity index (χ0) is 17.9. The Morgan fingerprint density at radius 1 is 1.17 bits per heavy atom. The molecule has 2 rings (SSSR count). The second-order valence-corrected chi connectivity index (χ2v) is 5.00. The standard InChI is InChI=1S/C13H13N5O6/c1-15(2)8-16-13(19)6-5-12(14-16)24-11-4-3-9(17(20)21)7-10(11)18(22)23/h3-7H,8H2,1-2H3. The van der Waals surface area contributed by atoms with Crippen LogP contribution in [0.5, 0.6) is 11.6 Å². The van der Waals surface area contributed by atoms with E-state index in [1.165, 1.54) is 12.1 Å². The van der Waals surface area contributed by atoms with Gasteiger partial charge in [0.15, 0.2) is 0 Å². The second-order valence-electron chi connectivity index (χ2n) is 5.00. The molecule has 0 radical (unpaired) electrons. The van der Waals surface area contributed by atoms with Crippen molar-refractivity contribution in [2.75, 3.05) is 14.1 Å². The zero-order valence-electron chi connectivity index (χ0n) is 12.8. The lowest BCUT2D eigenvalue weighted by atomic mass is 10.2. The van der Waals surface area contributed by atoms with Gasteiger partial charge in [-0.3, -0.25) is 29.9 Å². The van der Waals surface area contributed by atoms with Crippen LogP contribution in [0.15, 0.2) is 35.1 Å². The van der Waals surface area contributed by atoms with Crippen LogP contribution in [0.2, 0.25) is 0 Å². The number of ether oxygens (including phenoxy) is 1. The molecule has 11 heteroatoms. The summed E-state index contributed by atoms with van der Waals surface area (Å²) in [6.45, 7) is 0.193. The van der Waals surface area contributed by atoms with Crippen LogP contribution in [-0.2, 0) is 6.67 Å². The van der Waals surface area contributed by atoms with E-state index in [0.29, 0.717) is 0 Å². The Bertz CT molecular complexity index is 847. The highest BCUT2D eigenvalue weighted by molar-refractivity contribution is 5.54. The summed E-state index contributed by atoms with van der Waals surface area (Å²) in [5.74, 6) is -0.262. The van der Waals surface area contributed by atoms with Crippen LogP contribution in [0.1, 0.15) is 0 Å². The molecule has 0 aliphatic carbocycles. The van der Waals surface area contributed by atoms with E-state index in [1.54, 1.807) is 19.0 Å². The summed E-state index contributed by atoms with van der Waals surface area (Å²) in [5, 5.41) is 25.7. The quantitative estimate of drug-likeness (QED) is 0.570. The smallest absolute Gasteiger partial charge is 0.318 e. The van der Waals surface area contributed by atoms with Crippen LogP contribution < -0.4 is 10.3 Å². The van der Waals surface area contributed by atoms with Crippen molar-refractivity contribution >= 4 is 11.4 Å². The molecule has 0 bridgehead atoms. The maximum Gasteiger partial charge on any atom is 0.318 e. The molecule has 11 nitrogen and oxygen atoms in total. The molecule has 0 N–H and O–H groups in total. The highest BCUT2D eigenvalue weighted by Gasteiger charge is 2.21. The van der Waals surface area contributed by atoms with Crippen LogP contribution in [0.25, 0.3) is 0 Å². The van der Waals surface area contributed by atoms with E-state index in [4.69, 9.17) is 4.74 Å². The fraction of sp³-hybridized carbons (Fsp3) is 0.231. The Hall–Kier alpha value is -3.34. The van der Waals surface area contributed by atoms with E-state index in [-0.39, 0.29) is 23.9 Å². The maximum absolute atomic E-state index is 11.7. The van der Waals surface area contributed by atoms with Gasteiger partial charge in [-0.05, 0) is 20.2 Å². The fourth-order valence-corrected chi connectivity index (χ4v) is 1.81. The Morgan fingerprint density at radius 2 is 1.88 bits per heavy atom. The molecular formula is C13H13N5O6. The van der Waals surface area contributed by atoms with Crippen molar-refractivity contribution in [3.8, 4) is 11.6 Å². The predicted octanol–water partition coefficient (Wildman–Crippen LogP) is 1.37. The molecule has 0 aliphatic rings. The van der Waals surface area contributed by atoms with E-state index in [0.717, 1.165) is 22.9 Å². The normalized spacial score (nSPS) is 10.6. The zero-order valence-corrected chi connectivity index (χ0v) is 12.8. The van der Waals surface area contributed by atoms with Crippen molar-refractivity contribution < 1.29 is 14.6 Å². The molecule has 0 atom stereocenters. The Kier molecular flexibility index (Phi) is 4.84. The third-order valence-electron chi connectivity index (χ3n) is 2.82. The summed E-state index contributed by atoms with van der Waals surface area (Å²) in [4.78, 5) is 33.6. The van der Waals surface area contributed by atoms with E-state index in [1.807, 2.05) is 0 Å². The SMILES string of the molecule is CN(C)Cn1nc(Oc2ccc([N+](=O)[O-])cc2[N+](=O)[O-])ccc1=O. The molecule has 0 saturated carbocycles. The molecule has 1 aromatic carbocycles. The Labute approximate surface area is 135 Å². The van der Waals surface area contributed by atoms with Gasteiger partial charge in [0.1, 0.15) is 0 Å². The summed E-state index contributed by atoms with van der Waals surface area (Å²) in [5.41, 5.74) is -1.37. The number of hydrogen-bond donors (Lipinski definition) is 0. The van der Waals surface area contributed by atoms with Crippen LogP contribution >= 0.6 is 0 Å². The van der Waals surface area contributed by atoms with E-state index >= 15 is 0 Å². The van der Waals surface area contributed by atoms with Crippen molar-refractivity contribution in [2.24, 2.45) is 0 Å². The molecule has 2 aromatic rings. The molecular weight excluding hydrogens is 322 g/mol. The fourth-order valence-electron chi connectivity index (χ4n) is 1.81. The van der Waals surface area contributed by atoms with Gasteiger partial charge in [0, 0.05) is 18.2 Å². The third kappa shape index (κ3) is 3.89. The molecule has 0 unspecified atom stereocenters. The topological polar surface area (TPSA) is 134 Å². The number of hydrogen-bond acceptors (Lipinski definition) is 8. The first-order valence-corrected chi connectivity index (χ1v) is 6.61. The lowest BCUT2D eigenvalue weighted by Gasteiger charge is -2.12. The van der Waals surface area contributed by atoms with Gasteiger partial charge in [-0.2, -0.15) is 0 Å². The van der Waals surface area contributed by atoms with Gasteiger partial charge in [-0.25, -0.2) is 4.68 Å². The monoisotopic (exact) mass is 335 g/mol.